The standard InChI is InChI=1S/C23H27N3O3/c1-17(2)18-3-7-20(8-4-18)25-13-15-26(16-14-25)21-9-5-19(6-10-21)24-22(27)11-12-23(28)29/h3-12,17H,13-16H2,1-2H3,(H,24,27)(H,28,29). The van der Waals surface area contributed by atoms with E-state index in [1.165, 1.54) is 11.3 Å². The van der Waals surface area contributed by atoms with Gasteiger partial charge in [0.2, 0.25) is 5.91 Å². The minimum absolute atomic E-state index is 0.461. The number of carboxylic acid groups (broad SMARTS) is 1. The number of nitrogens with one attached hydrogen (secondary N) is 1. The van der Waals surface area contributed by atoms with Crippen molar-refractivity contribution in [1.29, 1.82) is 0 Å². The van der Waals surface area contributed by atoms with E-state index in [2.05, 4.69) is 53.2 Å². The summed E-state index contributed by atoms with van der Waals surface area (Å²) >= 11 is 0. The van der Waals surface area contributed by atoms with Crippen LogP contribution >= 0.6 is 0 Å². The van der Waals surface area contributed by atoms with E-state index in [0.29, 0.717) is 11.6 Å². The van der Waals surface area contributed by atoms with Crippen LogP contribution in [0.25, 0.3) is 0 Å². The highest BCUT2D eigenvalue weighted by Gasteiger charge is 2.17. The number of benzene rings is 2. The van der Waals surface area contributed by atoms with Crippen molar-refractivity contribution in [3.63, 3.8) is 0 Å². The molecule has 3 rings (SSSR count). The fourth-order valence-corrected chi connectivity index (χ4v) is 3.38. The summed E-state index contributed by atoms with van der Waals surface area (Å²) in [4.78, 5) is 26.8. The van der Waals surface area contributed by atoms with Crippen LogP contribution < -0.4 is 15.1 Å². The first-order chi connectivity index (χ1) is 13.9. The van der Waals surface area contributed by atoms with Gasteiger partial charge in [-0.05, 0) is 47.9 Å². The molecule has 1 amide bonds. The highest BCUT2D eigenvalue weighted by Crippen LogP contribution is 2.24. The Morgan fingerprint density at radius 1 is 0.862 bits per heavy atom. The van der Waals surface area contributed by atoms with Crippen LogP contribution in [-0.4, -0.2) is 43.2 Å². The molecule has 0 saturated carbocycles. The maximum atomic E-state index is 11.7. The number of carbonyl (C=O) groups is 2. The largest absolute Gasteiger partial charge is 0.478 e. The number of hydrogen-bond acceptors (Lipinski definition) is 4. The Kier molecular flexibility index (Phi) is 6.54. The summed E-state index contributed by atoms with van der Waals surface area (Å²) in [5, 5.41) is 11.2. The van der Waals surface area contributed by atoms with Crippen LogP contribution in [0.3, 0.4) is 0 Å². The van der Waals surface area contributed by atoms with Gasteiger partial charge in [0.25, 0.3) is 0 Å². The van der Waals surface area contributed by atoms with Gasteiger partial charge in [-0.1, -0.05) is 26.0 Å². The van der Waals surface area contributed by atoms with Crippen molar-refractivity contribution in [2.45, 2.75) is 19.8 Å². The molecular weight excluding hydrogens is 366 g/mol. The van der Waals surface area contributed by atoms with Gasteiger partial charge in [0, 0.05) is 55.4 Å². The molecule has 1 heterocycles. The van der Waals surface area contributed by atoms with E-state index < -0.39 is 11.9 Å². The van der Waals surface area contributed by atoms with Gasteiger partial charge in [0.15, 0.2) is 0 Å². The minimum Gasteiger partial charge on any atom is -0.478 e. The lowest BCUT2D eigenvalue weighted by Crippen LogP contribution is -2.46. The normalized spacial score (nSPS) is 14.4. The van der Waals surface area contributed by atoms with Gasteiger partial charge < -0.3 is 20.2 Å². The number of aliphatic carboxylic acids is 1. The van der Waals surface area contributed by atoms with E-state index in [1.54, 1.807) is 0 Å². The quantitative estimate of drug-likeness (QED) is 0.732. The van der Waals surface area contributed by atoms with Crippen LogP contribution in [0.1, 0.15) is 25.3 Å². The maximum absolute atomic E-state index is 11.7. The van der Waals surface area contributed by atoms with Crippen LogP contribution in [0.2, 0.25) is 0 Å². The lowest BCUT2D eigenvalue weighted by atomic mass is 10.0. The number of anilines is 3. The first-order valence-electron chi connectivity index (χ1n) is 9.84. The highest BCUT2D eigenvalue weighted by molar-refractivity contribution is 6.02. The average molecular weight is 393 g/mol. The number of piperazine rings is 1. The molecule has 0 spiro atoms. The number of rotatable bonds is 6. The summed E-state index contributed by atoms with van der Waals surface area (Å²) in [5.74, 6) is -1.07. The number of amides is 1. The zero-order valence-electron chi connectivity index (χ0n) is 16.8. The molecule has 0 aromatic heterocycles. The molecule has 0 radical (unpaired) electrons. The van der Waals surface area contributed by atoms with Crippen molar-refractivity contribution < 1.29 is 14.7 Å². The molecule has 1 aliphatic heterocycles. The van der Waals surface area contributed by atoms with E-state index in [1.807, 2.05) is 24.3 Å². The average Bonchev–Trinajstić information content (AvgIpc) is 2.73. The maximum Gasteiger partial charge on any atom is 0.328 e. The second-order valence-corrected chi connectivity index (χ2v) is 7.43. The minimum atomic E-state index is -1.15. The van der Waals surface area contributed by atoms with Crippen LogP contribution in [-0.2, 0) is 9.59 Å². The third kappa shape index (κ3) is 5.60. The van der Waals surface area contributed by atoms with E-state index in [0.717, 1.165) is 44.0 Å². The molecule has 6 nitrogen and oxygen atoms in total. The molecule has 29 heavy (non-hydrogen) atoms. The van der Waals surface area contributed by atoms with Gasteiger partial charge >= 0.3 is 5.97 Å². The molecular formula is C23H27N3O3. The molecule has 2 aromatic carbocycles. The molecule has 6 heteroatoms. The summed E-state index contributed by atoms with van der Waals surface area (Å²) in [7, 11) is 0. The number of nitrogens with zero attached hydrogens (tertiary/aromatic N) is 2. The van der Waals surface area contributed by atoms with Gasteiger partial charge in [-0.3, -0.25) is 4.79 Å². The van der Waals surface area contributed by atoms with E-state index >= 15 is 0 Å². The summed E-state index contributed by atoms with van der Waals surface area (Å²) in [6.45, 7) is 8.19. The van der Waals surface area contributed by atoms with Gasteiger partial charge in [0.1, 0.15) is 0 Å². The molecule has 1 fully saturated rings. The predicted octanol–water partition coefficient (Wildman–Crippen LogP) is 3.72. The molecule has 2 N–H and O–H groups in total. The van der Waals surface area contributed by atoms with E-state index in [9.17, 15) is 9.59 Å². The Bertz CT molecular complexity index is 865. The van der Waals surface area contributed by atoms with Crippen LogP contribution in [0, 0.1) is 0 Å². The first kappa shape index (κ1) is 20.5. The van der Waals surface area contributed by atoms with Crippen molar-refractivity contribution in [3.05, 3.63) is 66.2 Å². The lowest BCUT2D eigenvalue weighted by Gasteiger charge is -2.37. The summed E-state index contributed by atoms with van der Waals surface area (Å²) in [6.07, 6.45) is 1.82. The van der Waals surface area contributed by atoms with Crippen molar-refractivity contribution in [3.8, 4) is 0 Å². The van der Waals surface area contributed by atoms with Gasteiger partial charge in [-0.2, -0.15) is 0 Å². The van der Waals surface area contributed by atoms with E-state index in [-0.39, 0.29) is 0 Å². The molecule has 2 aromatic rings. The zero-order valence-corrected chi connectivity index (χ0v) is 16.8. The third-order valence-electron chi connectivity index (χ3n) is 5.08. The topological polar surface area (TPSA) is 72.9 Å². The molecule has 0 aliphatic carbocycles. The number of carboxylic acids is 1. The molecule has 1 saturated heterocycles. The molecule has 0 unspecified atom stereocenters. The van der Waals surface area contributed by atoms with Crippen molar-refractivity contribution >= 4 is 28.9 Å². The van der Waals surface area contributed by atoms with Gasteiger partial charge in [-0.15, -0.1) is 0 Å². The Balaban J connectivity index is 1.54. The second kappa shape index (κ2) is 9.28. The van der Waals surface area contributed by atoms with E-state index in [4.69, 9.17) is 5.11 Å². The Hall–Kier alpha value is -3.28. The van der Waals surface area contributed by atoms with Crippen LogP contribution in [0.4, 0.5) is 17.1 Å². The highest BCUT2D eigenvalue weighted by atomic mass is 16.4. The van der Waals surface area contributed by atoms with Gasteiger partial charge in [-0.25, -0.2) is 4.79 Å². The summed E-state index contributed by atoms with van der Waals surface area (Å²) in [6, 6.07) is 16.5. The predicted molar refractivity (Wildman–Crippen MR) is 117 cm³/mol. The lowest BCUT2D eigenvalue weighted by molar-refractivity contribution is -0.131. The summed E-state index contributed by atoms with van der Waals surface area (Å²) in [5.41, 5.74) is 4.37. The fourth-order valence-electron chi connectivity index (χ4n) is 3.38. The molecule has 0 bridgehead atoms. The fraction of sp³-hybridized carbons (Fsp3) is 0.304. The van der Waals surface area contributed by atoms with Crippen LogP contribution in [0.15, 0.2) is 60.7 Å². The SMILES string of the molecule is CC(C)c1ccc(N2CCN(c3ccc(NC(=O)C=CC(=O)O)cc3)CC2)cc1. The van der Waals surface area contributed by atoms with Crippen molar-refractivity contribution in [2.75, 3.05) is 41.3 Å². The number of hydrogen-bond donors (Lipinski definition) is 2. The monoisotopic (exact) mass is 393 g/mol. The Morgan fingerprint density at radius 3 is 1.79 bits per heavy atom. The van der Waals surface area contributed by atoms with Crippen molar-refractivity contribution in [1.82, 2.24) is 0 Å². The Labute approximate surface area is 171 Å². The molecule has 152 valence electrons. The number of carbonyl (C=O) groups excluding carboxylic acids is 1. The Morgan fingerprint density at radius 2 is 1.34 bits per heavy atom. The zero-order chi connectivity index (χ0) is 20.8. The summed E-state index contributed by atoms with van der Waals surface area (Å²) < 4.78 is 0. The second-order valence-electron chi connectivity index (χ2n) is 7.43. The smallest absolute Gasteiger partial charge is 0.328 e. The third-order valence-corrected chi connectivity index (χ3v) is 5.08. The van der Waals surface area contributed by atoms with Crippen LogP contribution in [0.5, 0.6) is 0 Å². The van der Waals surface area contributed by atoms with Gasteiger partial charge in [0.05, 0.1) is 0 Å². The molecule has 0 atom stereocenters. The van der Waals surface area contributed by atoms with Crippen molar-refractivity contribution in [2.24, 2.45) is 0 Å². The molecule has 1 aliphatic rings. The first-order valence-corrected chi connectivity index (χ1v) is 9.84.